The number of ether oxygens (including phenoxy) is 1. The van der Waals surface area contributed by atoms with Crippen molar-refractivity contribution in [2.45, 2.75) is 46.1 Å². The van der Waals surface area contributed by atoms with E-state index in [0.717, 1.165) is 10.2 Å². The topological polar surface area (TPSA) is 9.23 Å². The molecule has 0 N–H and O–H groups in total. The second-order valence-corrected chi connectivity index (χ2v) is 6.91. The fourth-order valence-electron chi connectivity index (χ4n) is 2.39. The van der Waals surface area contributed by atoms with E-state index in [4.69, 9.17) is 4.74 Å². The van der Waals surface area contributed by atoms with Gasteiger partial charge in [0.2, 0.25) is 0 Å². The lowest BCUT2D eigenvalue weighted by atomic mass is 9.94. The van der Waals surface area contributed by atoms with E-state index in [1.807, 2.05) is 0 Å². The molecule has 0 bridgehead atoms. The third-order valence-electron chi connectivity index (χ3n) is 3.62. The summed E-state index contributed by atoms with van der Waals surface area (Å²) in [4.78, 5) is 0. The van der Waals surface area contributed by atoms with Crippen LogP contribution in [0.1, 0.15) is 56.2 Å². The molecule has 2 rings (SSSR count). The van der Waals surface area contributed by atoms with Crippen molar-refractivity contribution in [2.24, 2.45) is 0 Å². The average molecular weight is 347 g/mol. The minimum atomic E-state index is 0.462. The number of para-hydroxylation sites is 1. The van der Waals surface area contributed by atoms with Gasteiger partial charge in [-0.1, -0.05) is 74.0 Å². The number of benzene rings is 2. The number of hydrogen-bond donors (Lipinski definition) is 0. The molecule has 112 valence electrons. The molecule has 21 heavy (non-hydrogen) atoms. The van der Waals surface area contributed by atoms with Crippen LogP contribution in [0.5, 0.6) is 5.75 Å². The highest BCUT2D eigenvalue weighted by Crippen LogP contribution is 2.35. The first-order chi connectivity index (χ1) is 9.99. The van der Waals surface area contributed by atoms with E-state index in [1.165, 1.54) is 16.7 Å². The Hall–Kier alpha value is -1.28. The fourth-order valence-corrected chi connectivity index (χ4v) is 2.65. The molecule has 0 aliphatic heterocycles. The van der Waals surface area contributed by atoms with E-state index in [-0.39, 0.29) is 0 Å². The van der Waals surface area contributed by atoms with Crippen LogP contribution >= 0.6 is 15.9 Å². The van der Waals surface area contributed by atoms with Gasteiger partial charge in [0, 0.05) is 4.47 Å². The molecule has 0 spiro atoms. The van der Waals surface area contributed by atoms with Gasteiger partial charge in [0.15, 0.2) is 0 Å². The number of rotatable bonds is 5. The van der Waals surface area contributed by atoms with Crippen LogP contribution in [0.15, 0.2) is 46.9 Å². The second-order valence-electron chi connectivity index (χ2n) is 5.99. The van der Waals surface area contributed by atoms with Crippen LogP contribution in [0.2, 0.25) is 0 Å². The first kappa shape index (κ1) is 16.1. The highest BCUT2D eigenvalue weighted by Gasteiger charge is 2.15. The first-order valence-electron chi connectivity index (χ1n) is 7.49. The van der Waals surface area contributed by atoms with Gasteiger partial charge in [-0.25, -0.2) is 0 Å². The summed E-state index contributed by atoms with van der Waals surface area (Å²) < 4.78 is 7.30. The maximum atomic E-state index is 6.20. The predicted molar refractivity (Wildman–Crippen MR) is 93.1 cm³/mol. The predicted octanol–water partition coefficient (Wildman–Crippen LogP) is 6.27. The molecule has 2 aromatic carbocycles. The monoisotopic (exact) mass is 346 g/mol. The molecule has 2 aromatic rings. The van der Waals surface area contributed by atoms with Crippen molar-refractivity contribution >= 4 is 15.9 Å². The smallest absolute Gasteiger partial charge is 0.126 e. The van der Waals surface area contributed by atoms with E-state index >= 15 is 0 Å². The minimum absolute atomic E-state index is 0.462. The van der Waals surface area contributed by atoms with Gasteiger partial charge in [-0.3, -0.25) is 0 Å². The number of hydrogen-bond acceptors (Lipinski definition) is 1. The third-order valence-corrected chi connectivity index (χ3v) is 4.15. The van der Waals surface area contributed by atoms with E-state index in [9.17, 15) is 0 Å². The Bertz CT molecular complexity index is 559. The molecule has 1 nitrogen and oxygen atoms in total. The van der Waals surface area contributed by atoms with Gasteiger partial charge in [-0.2, -0.15) is 0 Å². The molecule has 0 heterocycles. The quantitative estimate of drug-likeness (QED) is 0.619. The SMILES string of the molecule is CC(C)c1cccc(C(C)C)c1OCc1ccc(Br)cc1. The Labute approximate surface area is 136 Å². The van der Waals surface area contributed by atoms with Crippen LogP contribution in [0.4, 0.5) is 0 Å². The van der Waals surface area contributed by atoms with Crippen LogP contribution < -0.4 is 4.74 Å². The van der Waals surface area contributed by atoms with Gasteiger partial charge in [-0.15, -0.1) is 0 Å². The van der Waals surface area contributed by atoms with Gasteiger partial charge in [0.05, 0.1) is 0 Å². The number of halogens is 1. The normalized spacial score (nSPS) is 11.2. The van der Waals surface area contributed by atoms with Crippen molar-refractivity contribution in [3.8, 4) is 5.75 Å². The van der Waals surface area contributed by atoms with Crippen molar-refractivity contribution in [1.29, 1.82) is 0 Å². The zero-order chi connectivity index (χ0) is 15.4. The summed E-state index contributed by atoms with van der Waals surface area (Å²) in [6.45, 7) is 9.46. The fraction of sp³-hybridized carbons (Fsp3) is 0.368. The standard InChI is InChI=1S/C19H23BrO/c1-13(2)17-6-5-7-18(14(3)4)19(17)21-12-15-8-10-16(20)11-9-15/h5-11,13-14H,12H2,1-4H3. The molecule has 0 fully saturated rings. The second kappa shape index (κ2) is 7.13. The lowest BCUT2D eigenvalue weighted by Crippen LogP contribution is -2.04. The van der Waals surface area contributed by atoms with Crippen LogP contribution in [0.25, 0.3) is 0 Å². The highest BCUT2D eigenvalue weighted by atomic mass is 79.9. The van der Waals surface area contributed by atoms with Crippen LogP contribution in [0.3, 0.4) is 0 Å². The van der Waals surface area contributed by atoms with Gasteiger partial charge >= 0.3 is 0 Å². The molecule has 0 aliphatic carbocycles. The third kappa shape index (κ3) is 4.10. The van der Waals surface area contributed by atoms with Crippen molar-refractivity contribution in [3.63, 3.8) is 0 Å². The molecule has 0 radical (unpaired) electrons. The van der Waals surface area contributed by atoms with Gasteiger partial charge < -0.3 is 4.74 Å². The Kier molecular flexibility index (Phi) is 5.46. The molecule has 0 saturated carbocycles. The van der Waals surface area contributed by atoms with Crippen molar-refractivity contribution < 1.29 is 4.74 Å². The summed E-state index contributed by atoms with van der Waals surface area (Å²) >= 11 is 3.46. The molecular formula is C19H23BrO. The molecule has 0 saturated heterocycles. The van der Waals surface area contributed by atoms with Crippen molar-refractivity contribution in [2.75, 3.05) is 0 Å². The molecule has 0 aliphatic rings. The summed E-state index contributed by atoms with van der Waals surface area (Å²) in [5, 5.41) is 0. The minimum Gasteiger partial charge on any atom is -0.488 e. The summed E-state index contributed by atoms with van der Waals surface area (Å²) in [7, 11) is 0. The largest absolute Gasteiger partial charge is 0.488 e. The maximum absolute atomic E-state index is 6.20. The molecule has 0 aromatic heterocycles. The molecule has 0 amide bonds. The van der Waals surface area contributed by atoms with Gasteiger partial charge in [0.25, 0.3) is 0 Å². The van der Waals surface area contributed by atoms with Crippen LogP contribution in [-0.2, 0) is 6.61 Å². The van der Waals surface area contributed by atoms with E-state index in [1.54, 1.807) is 0 Å². The Morgan fingerprint density at radius 1 is 0.857 bits per heavy atom. The molecule has 2 heteroatoms. The van der Waals surface area contributed by atoms with Crippen LogP contribution in [-0.4, -0.2) is 0 Å². The first-order valence-corrected chi connectivity index (χ1v) is 8.28. The van der Waals surface area contributed by atoms with E-state index < -0.39 is 0 Å². The summed E-state index contributed by atoms with van der Waals surface area (Å²) in [6.07, 6.45) is 0. The van der Waals surface area contributed by atoms with Crippen LogP contribution in [0, 0.1) is 0 Å². The average Bonchev–Trinajstić information content (AvgIpc) is 2.46. The van der Waals surface area contributed by atoms with E-state index in [0.29, 0.717) is 18.4 Å². The lowest BCUT2D eigenvalue weighted by molar-refractivity contribution is 0.297. The summed E-state index contributed by atoms with van der Waals surface area (Å²) in [5.41, 5.74) is 3.77. The molecular weight excluding hydrogens is 324 g/mol. The zero-order valence-corrected chi connectivity index (χ0v) is 14.8. The highest BCUT2D eigenvalue weighted by molar-refractivity contribution is 9.10. The Balaban J connectivity index is 2.26. The summed E-state index contributed by atoms with van der Waals surface area (Å²) in [5.74, 6) is 1.98. The molecule has 0 atom stereocenters. The van der Waals surface area contributed by atoms with E-state index in [2.05, 4.69) is 86.1 Å². The van der Waals surface area contributed by atoms with Gasteiger partial charge in [0.1, 0.15) is 12.4 Å². The van der Waals surface area contributed by atoms with Gasteiger partial charge in [-0.05, 0) is 40.7 Å². The lowest BCUT2D eigenvalue weighted by Gasteiger charge is -2.20. The Morgan fingerprint density at radius 3 is 1.86 bits per heavy atom. The maximum Gasteiger partial charge on any atom is 0.126 e. The Morgan fingerprint density at radius 2 is 1.38 bits per heavy atom. The van der Waals surface area contributed by atoms with Crippen molar-refractivity contribution in [1.82, 2.24) is 0 Å². The summed E-state index contributed by atoms with van der Waals surface area (Å²) in [6, 6.07) is 14.8. The van der Waals surface area contributed by atoms with Crippen molar-refractivity contribution in [3.05, 3.63) is 63.6 Å². The molecule has 0 unspecified atom stereocenters. The zero-order valence-electron chi connectivity index (χ0n) is 13.2.